The third kappa shape index (κ3) is 3.44. The maximum absolute atomic E-state index is 13.3. The van der Waals surface area contributed by atoms with Gasteiger partial charge in [-0.1, -0.05) is 18.2 Å². The summed E-state index contributed by atoms with van der Waals surface area (Å²) in [5.41, 5.74) is 2.73. The average Bonchev–Trinajstić information content (AvgIpc) is 3.33. The molecule has 3 aromatic rings. The third-order valence-electron chi connectivity index (χ3n) is 5.63. The van der Waals surface area contributed by atoms with Gasteiger partial charge in [-0.25, -0.2) is 0 Å². The molecule has 32 heavy (non-hydrogen) atoms. The van der Waals surface area contributed by atoms with Crippen LogP contribution in [0.1, 0.15) is 27.6 Å². The van der Waals surface area contributed by atoms with Crippen molar-refractivity contribution in [2.45, 2.75) is 19.9 Å². The maximum Gasteiger partial charge on any atom is 0.300 e. The number of thiophene rings is 1. The fourth-order valence-corrected chi connectivity index (χ4v) is 5.00. The number of methoxy groups -OCH3 is 2. The fourth-order valence-electron chi connectivity index (χ4n) is 3.97. The van der Waals surface area contributed by atoms with Crippen LogP contribution in [0.15, 0.2) is 59.5 Å². The minimum absolute atomic E-state index is 0.0235. The Kier molecular flexibility index (Phi) is 5.76. The third-order valence-corrected chi connectivity index (χ3v) is 6.70. The molecule has 0 aliphatic carbocycles. The average molecular weight is 450 g/mol. The number of para-hydroxylation sites is 1. The zero-order valence-corrected chi connectivity index (χ0v) is 19.0. The Hall–Kier alpha value is -3.58. The zero-order valence-electron chi connectivity index (χ0n) is 18.2. The number of hydrogen-bond acceptors (Lipinski definition) is 6. The Balaban J connectivity index is 2.01. The molecular formula is C25H23NO5S. The molecule has 2 aromatic carbocycles. The molecule has 1 saturated heterocycles. The molecule has 1 aliphatic rings. The van der Waals surface area contributed by atoms with Gasteiger partial charge in [0.2, 0.25) is 0 Å². The number of carbonyl (C=O) groups is 2. The molecule has 1 atom stereocenters. The van der Waals surface area contributed by atoms with E-state index in [0.29, 0.717) is 17.2 Å². The molecule has 7 heteroatoms. The van der Waals surface area contributed by atoms with Crippen molar-refractivity contribution >= 4 is 34.5 Å². The normalized spacial score (nSPS) is 17.6. The fraction of sp³-hybridized carbons (Fsp3) is 0.200. The first kappa shape index (κ1) is 21.6. The van der Waals surface area contributed by atoms with Crippen molar-refractivity contribution in [2.24, 2.45) is 0 Å². The molecule has 1 aromatic heterocycles. The molecule has 1 aliphatic heterocycles. The van der Waals surface area contributed by atoms with E-state index >= 15 is 0 Å². The van der Waals surface area contributed by atoms with E-state index in [4.69, 9.17) is 9.47 Å². The van der Waals surface area contributed by atoms with Crippen LogP contribution >= 0.6 is 11.3 Å². The molecule has 1 fully saturated rings. The number of carbonyl (C=O) groups excluding carboxylic acids is 2. The molecule has 0 saturated carbocycles. The highest BCUT2D eigenvalue weighted by Gasteiger charge is 2.48. The van der Waals surface area contributed by atoms with E-state index in [1.165, 1.54) is 30.5 Å². The number of rotatable bonds is 5. The van der Waals surface area contributed by atoms with Crippen LogP contribution in [0.25, 0.3) is 5.76 Å². The smallest absolute Gasteiger partial charge is 0.300 e. The first-order chi connectivity index (χ1) is 15.4. The standard InChI is InChI=1S/C25H23NO5S/c1-14-7-5-6-8-18(14)26-21(24-15(2)11-12-32-24)20(23(28)25(26)29)22(27)17-13-16(30-3)9-10-19(17)31-4/h5-13,21,27H,1-4H3/b22-20+. The van der Waals surface area contributed by atoms with Gasteiger partial charge in [-0.05, 0) is 60.7 Å². The highest BCUT2D eigenvalue weighted by atomic mass is 32.1. The molecule has 4 rings (SSSR count). The summed E-state index contributed by atoms with van der Waals surface area (Å²) in [5, 5.41) is 13.3. The minimum Gasteiger partial charge on any atom is -0.507 e. The van der Waals surface area contributed by atoms with Gasteiger partial charge in [0.15, 0.2) is 0 Å². The van der Waals surface area contributed by atoms with Gasteiger partial charge < -0.3 is 14.6 Å². The Labute approximate surface area is 190 Å². The van der Waals surface area contributed by atoms with Crippen LogP contribution in [0.3, 0.4) is 0 Å². The molecule has 1 N–H and O–H groups in total. The van der Waals surface area contributed by atoms with Crippen LogP contribution < -0.4 is 14.4 Å². The van der Waals surface area contributed by atoms with Gasteiger partial charge >= 0.3 is 0 Å². The van der Waals surface area contributed by atoms with E-state index < -0.39 is 17.7 Å². The van der Waals surface area contributed by atoms with E-state index in [1.807, 2.05) is 49.6 Å². The Morgan fingerprint density at radius 3 is 2.38 bits per heavy atom. The van der Waals surface area contributed by atoms with Gasteiger partial charge in [0.05, 0.1) is 25.4 Å². The zero-order chi connectivity index (χ0) is 23.0. The number of hydrogen-bond donors (Lipinski definition) is 1. The van der Waals surface area contributed by atoms with Crippen molar-refractivity contribution in [3.8, 4) is 11.5 Å². The summed E-state index contributed by atoms with van der Waals surface area (Å²) in [7, 11) is 2.99. The largest absolute Gasteiger partial charge is 0.507 e. The van der Waals surface area contributed by atoms with Gasteiger partial charge in [0.1, 0.15) is 23.3 Å². The van der Waals surface area contributed by atoms with Crippen LogP contribution in [0.4, 0.5) is 5.69 Å². The molecule has 6 nitrogen and oxygen atoms in total. The second-order valence-electron chi connectivity index (χ2n) is 7.49. The van der Waals surface area contributed by atoms with Crippen molar-refractivity contribution in [3.63, 3.8) is 0 Å². The number of anilines is 1. The summed E-state index contributed by atoms with van der Waals surface area (Å²) in [6, 6.07) is 13.5. The molecular weight excluding hydrogens is 426 g/mol. The lowest BCUT2D eigenvalue weighted by atomic mass is 9.97. The van der Waals surface area contributed by atoms with Crippen LogP contribution in [0.2, 0.25) is 0 Å². The second-order valence-corrected chi connectivity index (χ2v) is 8.44. The van der Waals surface area contributed by atoms with Crippen LogP contribution in [0.5, 0.6) is 11.5 Å². The summed E-state index contributed by atoms with van der Waals surface area (Å²) in [6.07, 6.45) is 0. The quantitative estimate of drug-likeness (QED) is 0.337. The van der Waals surface area contributed by atoms with Gasteiger partial charge in [-0.3, -0.25) is 14.5 Å². The predicted molar refractivity (Wildman–Crippen MR) is 125 cm³/mol. The predicted octanol–water partition coefficient (Wildman–Crippen LogP) is 5.01. The van der Waals surface area contributed by atoms with Crippen LogP contribution in [0, 0.1) is 13.8 Å². The second kappa shape index (κ2) is 8.51. The van der Waals surface area contributed by atoms with E-state index in [2.05, 4.69) is 0 Å². The maximum atomic E-state index is 13.3. The topological polar surface area (TPSA) is 76.1 Å². The molecule has 0 bridgehead atoms. The monoisotopic (exact) mass is 449 g/mol. The van der Waals surface area contributed by atoms with Gasteiger partial charge in [-0.15, -0.1) is 11.3 Å². The number of nitrogens with zero attached hydrogens (tertiary/aromatic N) is 1. The van der Waals surface area contributed by atoms with E-state index in [1.54, 1.807) is 18.2 Å². The number of ketones is 1. The molecule has 2 heterocycles. The molecule has 0 radical (unpaired) electrons. The van der Waals surface area contributed by atoms with Crippen LogP contribution in [-0.2, 0) is 9.59 Å². The molecule has 1 unspecified atom stereocenters. The molecule has 0 spiro atoms. The Bertz CT molecular complexity index is 1240. The lowest BCUT2D eigenvalue weighted by Crippen LogP contribution is -2.30. The lowest BCUT2D eigenvalue weighted by molar-refractivity contribution is -0.132. The summed E-state index contributed by atoms with van der Waals surface area (Å²) in [4.78, 5) is 28.9. The minimum atomic E-state index is -0.757. The summed E-state index contributed by atoms with van der Waals surface area (Å²) < 4.78 is 10.7. The number of aliphatic hydroxyl groups is 1. The lowest BCUT2D eigenvalue weighted by Gasteiger charge is -2.26. The number of ether oxygens (including phenoxy) is 2. The van der Waals surface area contributed by atoms with Gasteiger partial charge in [0, 0.05) is 10.6 Å². The van der Waals surface area contributed by atoms with Crippen molar-refractivity contribution in [1.29, 1.82) is 0 Å². The van der Waals surface area contributed by atoms with Crippen LogP contribution in [-0.4, -0.2) is 31.0 Å². The number of aliphatic hydroxyl groups excluding tert-OH is 1. The summed E-state index contributed by atoms with van der Waals surface area (Å²) in [6.45, 7) is 3.81. The van der Waals surface area contributed by atoms with Crippen molar-refractivity contribution in [3.05, 3.63) is 81.1 Å². The van der Waals surface area contributed by atoms with Crippen molar-refractivity contribution in [1.82, 2.24) is 0 Å². The van der Waals surface area contributed by atoms with Gasteiger partial charge in [-0.2, -0.15) is 0 Å². The number of aryl methyl sites for hydroxylation is 2. The summed E-state index contributed by atoms with van der Waals surface area (Å²) in [5.74, 6) is -0.863. The molecule has 164 valence electrons. The van der Waals surface area contributed by atoms with Crippen molar-refractivity contribution in [2.75, 3.05) is 19.1 Å². The highest BCUT2D eigenvalue weighted by Crippen LogP contribution is 2.46. The first-order valence-corrected chi connectivity index (χ1v) is 10.9. The number of amides is 1. The molecule has 1 amide bonds. The van der Waals surface area contributed by atoms with Gasteiger partial charge in [0.25, 0.3) is 11.7 Å². The number of benzene rings is 2. The number of Topliss-reactive ketones (excluding diaryl/α,β-unsaturated/α-hetero) is 1. The Morgan fingerprint density at radius 1 is 1.00 bits per heavy atom. The van der Waals surface area contributed by atoms with Crippen molar-refractivity contribution < 1.29 is 24.2 Å². The van der Waals surface area contributed by atoms with E-state index in [-0.39, 0.29) is 16.9 Å². The Morgan fingerprint density at radius 2 is 1.75 bits per heavy atom. The van der Waals surface area contributed by atoms with E-state index in [0.717, 1.165) is 16.0 Å². The first-order valence-electron chi connectivity index (χ1n) is 10.0. The highest BCUT2D eigenvalue weighted by molar-refractivity contribution is 7.10. The summed E-state index contributed by atoms with van der Waals surface area (Å²) >= 11 is 1.44. The SMILES string of the molecule is COc1ccc(OC)c(/C(O)=C2\C(=O)C(=O)N(c3ccccc3C)C2c2sccc2C)c1. The van der Waals surface area contributed by atoms with E-state index in [9.17, 15) is 14.7 Å².